The Labute approximate surface area is 127 Å². The Balaban J connectivity index is 2.81. The summed E-state index contributed by atoms with van der Waals surface area (Å²) in [5.74, 6) is 1.63. The summed E-state index contributed by atoms with van der Waals surface area (Å²) in [6.45, 7) is 6.29. The van der Waals surface area contributed by atoms with Crippen LogP contribution in [0.25, 0.3) is 0 Å². The van der Waals surface area contributed by atoms with Gasteiger partial charge in [0.05, 0.1) is 7.11 Å². The van der Waals surface area contributed by atoms with Crippen LogP contribution in [0.15, 0.2) is 12.1 Å². The van der Waals surface area contributed by atoms with Crippen molar-refractivity contribution in [2.75, 3.05) is 7.11 Å². The van der Waals surface area contributed by atoms with E-state index in [9.17, 15) is 4.79 Å². The minimum absolute atomic E-state index is 0.345. The molecule has 0 heterocycles. The van der Waals surface area contributed by atoms with E-state index in [0.29, 0.717) is 24.5 Å². The fourth-order valence-corrected chi connectivity index (χ4v) is 2.67. The zero-order valence-corrected chi connectivity index (χ0v) is 13.7. The Morgan fingerprint density at radius 3 is 2.55 bits per heavy atom. The van der Waals surface area contributed by atoms with Crippen molar-refractivity contribution in [1.82, 2.24) is 0 Å². The van der Waals surface area contributed by atoms with Crippen molar-refractivity contribution in [3.8, 4) is 5.75 Å². The zero-order chi connectivity index (χ0) is 15.1. The smallest absolute Gasteiger partial charge is 0.132 e. The molecule has 0 bridgehead atoms. The number of Topliss-reactive ketones (excluding diaryl/α,β-unsaturated/α-hetero) is 1. The van der Waals surface area contributed by atoms with Gasteiger partial charge in [-0.1, -0.05) is 32.4 Å². The van der Waals surface area contributed by atoms with Crippen LogP contribution < -0.4 is 4.74 Å². The molecule has 0 fully saturated rings. The molecule has 0 aromatic heterocycles. The van der Waals surface area contributed by atoms with Gasteiger partial charge >= 0.3 is 0 Å². The molecular weight excluding hydrogens is 272 g/mol. The molecular formula is C17H25ClO2. The molecule has 2 nitrogen and oxygen atoms in total. The van der Waals surface area contributed by atoms with Crippen molar-refractivity contribution >= 4 is 17.4 Å². The second kappa shape index (κ2) is 8.31. The van der Waals surface area contributed by atoms with Crippen LogP contribution in [0.5, 0.6) is 5.75 Å². The Hall–Kier alpha value is -1.02. The van der Waals surface area contributed by atoms with E-state index in [1.165, 1.54) is 0 Å². The van der Waals surface area contributed by atoms with Crippen LogP contribution >= 0.6 is 11.6 Å². The van der Waals surface area contributed by atoms with Gasteiger partial charge in [0.15, 0.2) is 0 Å². The monoisotopic (exact) mass is 296 g/mol. The maximum absolute atomic E-state index is 11.6. The number of rotatable bonds is 8. The van der Waals surface area contributed by atoms with Gasteiger partial charge in [0.1, 0.15) is 11.5 Å². The van der Waals surface area contributed by atoms with Crippen LogP contribution in [0.1, 0.15) is 63.5 Å². The van der Waals surface area contributed by atoms with E-state index >= 15 is 0 Å². The molecule has 0 radical (unpaired) electrons. The van der Waals surface area contributed by atoms with E-state index < -0.39 is 0 Å². The highest BCUT2D eigenvalue weighted by Gasteiger charge is 2.14. The maximum Gasteiger partial charge on any atom is 0.132 e. The molecule has 3 heteroatoms. The van der Waals surface area contributed by atoms with Gasteiger partial charge in [-0.05, 0) is 48.4 Å². The number of ketones is 1. The largest absolute Gasteiger partial charge is 0.496 e. The molecule has 0 saturated carbocycles. The summed E-state index contributed by atoms with van der Waals surface area (Å²) in [6, 6.07) is 3.92. The number of methoxy groups -OCH3 is 1. The molecule has 0 aliphatic carbocycles. The van der Waals surface area contributed by atoms with Gasteiger partial charge in [-0.3, -0.25) is 4.79 Å². The lowest BCUT2D eigenvalue weighted by atomic mass is 9.96. The molecule has 20 heavy (non-hydrogen) atoms. The average Bonchev–Trinajstić information content (AvgIpc) is 2.38. The van der Waals surface area contributed by atoms with Crippen molar-refractivity contribution in [3.05, 3.63) is 28.3 Å². The third-order valence-electron chi connectivity index (χ3n) is 3.42. The fraction of sp³-hybridized carbons (Fsp3) is 0.588. The predicted octanol–water partition coefficient (Wildman–Crippen LogP) is 5.16. The van der Waals surface area contributed by atoms with Crippen molar-refractivity contribution in [1.29, 1.82) is 0 Å². The van der Waals surface area contributed by atoms with Gasteiger partial charge in [-0.15, -0.1) is 0 Å². The number of benzene rings is 1. The summed E-state index contributed by atoms with van der Waals surface area (Å²) >= 11 is 6.19. The van der Waals surface area contributed by atoms with Gasteiger partial charge in [-0.2, -0.15) is 0 Å². The van der Waals surface area contributed by atoms with Gasteiger partial charge in [0.2, 0.25) is 0 Å². The van der Waals surface area contributed by atoms with Crippen LogP contribution in [-0.2, 0) is 11.2 Å². The average molecular weight is 297 g/mol. The normalized spacial score (nSPS) is 10.9. The molecule has 0 unspecified atom stereocenters. The van der Waals surface area contributed by atoms with Crippen LogP contribution in [0.3, 0.4) is 0 Å². The van der Waals surface area contributed by atoms with E-state index in [0.717, 1.165) is 41.2 Å². The maximum atomic E-state index is 11.6. The number of ether oxygens (including phenoxy) is 1. The number of aryl methyl sites for hydroxylation is 1. The Bertz CT molecular complexity index is 453. The number of halogens is 1. The fourth-order valence-electron chi connectivity index (χ4n) is 2.42. The second-order valence-electron chi connectivity index (χ2n) is 5.48. The first-order valence-corrected chi connectivity index (χ1v) is 7.75. The standard InChI is InChI=1S/C17H25ClO2/c1-5-7-15(19)9-6-8-13-10-14(18)11-16(12(2)3)17(13)20-4/h10-12H,5-9H2,1-4H3. The molecule has 0 aliphatic heterocycles. The quantitative estimate of drug-likeness (QED) is 0.662. The number of carbonyl (C=O) groups excluding carboxylic acids is 1. The summed E-state index contributed by atoms with van der Waals surface area (Å²) in [6.07, 6.45) is 3.94. The van der Waals surface area contributed by atoms with E-state index in [1.54, 1.807) is 7.11 Å². The van der Waals surface area contributed by atoms with E-state index in [-0.39, 0.29) is 0 Å². The molecule has 1 rings (SSSR count). The Kier molecular flexibility index (Phi) is 7.08. The summed E-state index contributed by atoms with van der Waals surface area (Å²) in [7, 11) is 1.70. The van der Waals surface area contributed by atoms with Crippen molar-refractivity contribution < 1.29 is 9.53 Å². The van der Waals surface area contributed by atoms with E-state index in [1.807, 2.05) is 19.1 Å². The van der Waals surface area contributed by atoms with Crippen LogP contribution in [0.2, 0.25) is 5.02 Å². The van der Waals surface area contributed by atoms with E-state index in [4.69, 9.17) is 16.3 Å². The molecule has 0 aliphatic rings. The van der Waals surface area contributed by atoms with Crippen LogP contribution in [0, 0.1) is 0 Å². The molecule has 0 amide bonds. The molecule has 1 aromatic carbocycles. The highest BCUT2D eigenvalue weighted by molar-refractivity contribution is 6.30. The Morgan fingerprint density at radius 1 is 1.30 bits per heavy atom. The van der Waals surface area contributed by atoms with Gasteiger partial charge in [0.25, 0.3) is 0 Å². The second-order valence-corrected chi connectivity index (χ2v) is 5.92. The van der Waals surface area contributed by atoms with Gasteiger partial charge in [-0.25, -0.2) is 0 Å². The first-order chi connectivity index (χ1) is 9.49. The van der Waals surface area contributed by atoms with Crippen molar-refractivity contribution in [2.45, 2.75) is 58.8 Å². The third kappa shape index (κ3) is 4.82. The molecule has 1 aromatic rings. The highest BCUT2D eigenvalue weighted by atomic mass is 35.5. The van der Waals surface area contributed by atoms with E-state index in [2.05, 4.69) is 13.8 Å². The number of carbonyl (C=O) groups is 1. The highest BCUT2D eigenvalue weighted by Crippen LogP contribution is 2.34. The zero-order valence-electron chi connectivity index (χ0n) is 13.0. The van der Waals surface area contributed by atoms with Gasteiger partial charge in [0, 0.05) is 17.9 Å². The minimum Gasteiger partial charge on any atom is -0.496 e. The molecule has 0 atom stereocenters. The first-order valence-electron chi connectivity index (χ1n) is 7.37. The lowest BCUT2D eigenvalue weighted by Crippen LogP contribution is -2.02. The molecule has 0 N–H and O–H groups in total. The SMILES string of the molecule is CCCC(=O)CCCc1cc(Cl)cc(C(C)C)c1OC. The topological polar surface area (TPSA) is 26.3 Å². The van der Waals surface area contributed by atoms with Crippen LogP contribution in [0.4, 0.5) is 0 Å². The lowest BCUT2D eigenvalue weighted by Gasteiger charge is -2.16. The number of hydrogen-bond acceptors (Lipinski definition) is 2. The number of hydrogen-bond donors (Lipinski definition) is 0. The third-order valence-corrected chi connectivity index (χ3v) is 3.63. The molecule has 112 valence electrons. The summed E-state index contributed by atoms with van der Waals surface area (Å²) < 4.78 is 5.55. The van der Waals surface area contributed by atoms with Crippen LogP contribution in [-0.4, -0.2) is 12.9 Å². The van der Waals surface area contributed by atoms with Crippen molar-refractivity contribution in [2.24, 2.45) is 0 Å². The predicted molar refractivity (Wildman–Crippen MR) is 84.9 cm³/mol. The first kappa shape index (κ1) is 17.0. The van der Waals surface area contributed by atoms with Gasteiger partial charge < -0.3 is 4.74 Å². The summed E-state index contributed by atoms with van der Waals surface area (Å²) in [4.78, 5) is 11.6. The Morgan fingerprint density at radius 2 is 2.00 bits per heavy atom. The molecule has 0 spiro atoms. The minimum atomic E-state index is 0.345. The summed E-state index contributed by atoms with van der Waals surface area (Å²) in [5, 5.41) is 0.740. The van der Waals surface area contributed by atoms with Crippen molar-refractivity contribution in [3.63, 3.8) is 0 Å². The lowest BCUT2D eigenvalue weighted by molar-refractivity contribution is -0.119. The molecule has 0 saturated heterocycles. The summed E-state index contributed by atoms with van der Waals surface area (Å²) in [5.41, 5.74) is 2.24.